The normalized spacial score (nSPS) is 10.1. The predicted octanol–water partition coefficient (Wildman–Crippen LogP) is 2.70. The average Bonchev–Trinajstić information content (AvgIpc) is 2.24. The van der Waals surface area contributed by atoms with Crippen LogP contribution in [-0.4, -0.2) is 24.5 Å². The average molecular weight is 236 g/mol. The zero-order valence-electron chi connectivity index (χ0n) is 9.91. The van der Waals surface area contributed by atoms with Gasteiger partial charge in [0.15, 0.2) is 0 Å². The van der Waals surface area contributed by atoms with Crippen molar-refractivity contribution in [1.29, 1.82) is 5.26 Å². The van der Waals surface area contributed by atoms with Gasteiger partial charge in [0.05, 0.1) is 5.56 Å². The molecule has 0 saturated carbocycles. The Morgan fingerprint density at radius 2 is 2.25 bits per heavy atom. The first-order chi connectivity index (χ1) is 7.69. The summed E-state index contributed by atoms with van der Waals surface area (Å²) in [6.07, 6.45) is 0.973. The van der Waals surface area contributed by atoms with Crippen LogP contribution in [0.3, 0.4) is 0 Å². The van der Waals surface area contributed by atoms with Gasteiger partial charge in [0.25, 0.3) is 0 Å². The van der Waals surface area contributed by atoms with Crippen LogP contribution in [0, 0.1) is 25.2 Å². The van der Waals surface area contributed by atoms with Crippen LogP contribution in [-0.2, 0) is 4.74 Å². The largest absolute Gasteiger partial charge is 0.385 e. The van der Waals surface area contributed by atoms with E-state index in [1.165, 1.54) is 0 Å². The third-order valence-electron chi connectivity index (χ3n) is 2.15. The molecule has 0 spiro atoms. The lowest BCUT2D eigenvalue weighted by Gasteiger charge is -2.06. The van der Waals surface area contributed by atoms with E-state index >= 15 is 0 Å². The molecule has 1 aromatic heterocycles. The maximum absolute atomic E-state index is 9.06. The molecule has 0 fully saturated rings. The zero-order chi connectivity index (χ0) is 12.0. The van der Waals surface area contributed by atoms with E-state index < -0.39 is 0 Å². The molecule has 1 heterocycles. The molecule has 0 aliphatic rings. The number of rotatable bonds is 5. The van der Waals surface area contributed by atoms with Crippen LogP contribution in [0.25, 0.3) is 0 Å². The monoisotopic (exact) mass is 236 g/mol. The molecule has 0 N–H and O–H groups in total. The molecule has 0 aliphatic carbocycles. The van der Waals surface area contributed by atoms with Crippen molar-refractivity contribution in [3.05, 3.63) is 22.9 Å². The summed E-state index contributed by atoms with van der Waals surface area (Å²) in [6, 6.07) is 4.16. The number of hydrogen-bond acceptors (Lipinski definition) is 4. The second-order valence-electron chi connectivity index (χ2n) is 3.57. The van der Waals surface area contributed by atoms with E-state index in [2.05, 4.69) is 11.1 Å². The molecule has 0 bridgehead atoms. The van der Waals surface area contributed by atoms with Gasteiger partial charge in [0, 0.05) is 25.2 Å². The number of hydrogen-bond donors (Lipinski definition) is 0. The number of nitrogens with zero attached hydrogens (tertiary/aromatic N) is 2. The Balaban J connectivity index is 2.75. The number of methoxy groups -OCH3 is 1. The van der Waals surface area contributed by atoms with Crippen LogP contribution < -0.4 is 0 Å². The number of nitriles is 1. The molecule has 3 nitrogen and oxygen atoms in total. The van der Waals surface area contributed by atoms with E-state index in [1.54, 1.807) is 18.9 Å². The Kier molecular flexibility index (Phi) is 5.30. The Labute approximate surface area is 101 Å². The van der Waals surface area contributed by atoms with Gasteiger partial charge >= 0.3 is 0 Å². The maximum Gasteiger partial charge on any atom is 0.114 e. The molecule has 0 unspecified atom stereocenters. The van der Waals surface area contributed by atoms with Gasteiger partial charge in [-0.05, 0) is 31.9 Å². The first kappa shape index (κ1) is 13.0. The quantitative estimate of drug-likeness (QED) is 0.582. The summed E-state index contributed by atoms with van der Waals surface area (Å²) in [5.74, 6) is 0.929. The standard InChI is InChI=1S/C12H16N2OS/c1-9-7-10(2)14-12(11(9)8-13)16-6-4-5-15-3/h7H,4-6H2,1-3H3. The summed E-state index contributed by atoms with van der Waals surface area (Å²) < 4.78 is 4.99. The molecule has 0 amide bonds. The number of ether oxygens (including phenoxy) is 1. The van der Waals surface area contributed by atoms with Gasteiger partial charge in [-0.1, -0.05) is 0 Å². The van der Waals surface area contributed by atoms with E-state index in [0.717, 1.165) is 35.1 Å². The summed E-state index contributed by atoms with van der Waals surface area (Å²) in [5, 5.41) is 9.91. The zero-order valence-corrected chi connectivity index (χ0v) is 10.7. The van der Waals surface area contributed by atoms with Crippen LogP contribution in [0.2, 0.25) is 0 Å². The van der Waals surface area contributed by atoms with Crippen molar-refractivity contribution in [1.82, 2.24) is 4.98 Å². The van der Waals surface area contributed by atoms with E-state index in [9.17, 15) is 0 Å². The Morgan fingerprint density at radius 1 is 1.50 bits per heavy atom. The van der Waals surface area contributed by atoms with Crippen LogP contribution in [0.4, 0.5) is 0 Å². The minimum absolute atomic E-state index is 0.702. The van der Waals surface area contributed by atoms with Crippen molar-refractivity contribution in [2.24, 2.45) is 0 Å². The third-order valence-corrected chi connectivity index (χ3v) is 3.22. The minimum Gasteiger partial charge on any atom is -0.385 e. The lowest BCUT2D eigenvalue weighted by Crippen LogP contribution is -1.96. The third kappa shape index (κ3) is 3.51. The molecule has 86 valence electrons. The van der Waals surface area contributed by atoms with Crippen LogP contribution in [0.15, 0.2) is 11.1 Å². The van der Waals surface area contributed by atoms with E-state index in [-0.39, 0.29) is 0 Å². The van der Waals surface area contributed by atoms with Crippen molar-refractivity contribution < 1.29 is 4.74 Å². The highest BCUT2D eigenvalue weighted by molar-refractivity contribution is 7.99. The van der Waals surface area contributed by atoms with E-state index in [1.807, 2.05) is 19.9 Å². The van der Waals surface area contributed by atoms with E-state index in [4.69, 9.17) is 10.00 Å². The van der Waals surface area contributed by atoms with Crippen molar-refractivity contribution in [3.63, 3.8) is 0 Å². The fourth-order valence-electron chi connectivity index (χ4n) is 1.42. The maximum atomic E-state index is 9.06. The summed E-state index contributed by atoms with van der Waals surface area (Å²) >= 11 is 1.63. The SMILES string of the molecule is COCCCSc1nc(C)cc(C)c1C#N. The number of thioether (sulfide) groups is 1. The molecular formula is C12H16N2OS. The summed E-state index contributed by atoms with van der Waals surface area (Å²) in [7, 11) is 1.69. The molecule has 0 saturated heterocycles. The second kappa shape index (κ2) is 6.51. The van der Waals surface area contributed by atoms with Gasteiger partial charge in [-0.2, -0.15) is 5.26 Å². The van der Waals surface area contributed by atoms with E-state index in [0.29, 0.717) is 5.56 Å². The first-order valence-electron chi connectivity index (χ1n) is 5.19. The lowest BCUT2D eigenvalue weighted by atomic mass is 10.1. The van der Waals surface area contributed by atoms with Crippen molar-refractivity contribution in [2.75, 3.05) is 19.5 Å². The Bertz CT molecular complexity index is 399. The van der Waals surface area contributed by atoms with Crippen molar-refractivity contribution in [3.8, 4) is 6.07 Å². The number of pyridine rings is 1. The van der Waals surface area contributed by atoms with Crippen LogP contribution in [0.5, 0.6) is 0 Å². The minimum atomic E-state index is 0.702. The molecule has 0 aliphatic heterocycles. The van der Waals surface area contributed by atoms with Crippen LogP contribution >= 0.6 is 11.8 Å². The predicted molar refractivity (Wildman–Crippen MR) is 65.6 cm³/mol. The molecule has 1 rings (SSSR count). The molecule has 4 heteroatoms. The summed E-state index contributed by atoms with van der Waals surface area (Å²) in [6.45, 7) is 4.65. The Hall–Kier alpha value is -1.05. The molecule has 16 heavy (non-hydrogen) atoms. The van der Waals surface area contributed by atoms with Gasteiger partial charge in [-0.3, -0.25) is 0 Å². The summed E-state index contributed by atoms with van der Waals surface area (Å²) in [5.41, 5.74) is 2.67. The Morgan fingerprint density at radius 3 is 2.88 bits per heavy atom. The summed E-state index contributed by atoms with van der Waals surface area (Å²) in [4.78, 5) is 4.40. The molecule has 1 aromatic rings. The number of aryl methyl sites for hydroxylation is 2. The topological polar surface area (TPSA) is 45.9 Å². The van der Waals surface area contributed by atoms with Crippen molar-refractivity contribution >= 4 is 11.8 Å². The number of aromatic nitrogens is 1. The van der Waals surface area contributed by atoms with Gasteiger partial charge in [-0.25, -0.2) is 4.98 Å². The highest BCUT2D eigenvalue weighted by atomic mass is 32.2. The molecule has 0 aromatic carbocycles. The van der Waals surface area contributed by atoms with Gasteiger partial charge in [0.2, 0.25) is 0 Å². The second-order valence-corrected chi connectivity index (χ2v) is 4.65. The lowest BCUT2D eigenvalue weighted by molar-refractivity contribution is 0.200. The molecule has 0 radical (unpaired) electrons. The van der Waals surface area contributed by atoms with Gasteiger partial charge in [0.1, 0.15) is 11.1 Å². The van der Waals surface area contributed by atoms with Crippen LogP contribution in [0.1, 0.15) is 23.2 Å². The fourth-order valence-corrected chi connectivity index (χ4v) is 2.43. The first-order valence-corrected chi connectivity index (χ1v) is 6.17. The highest BCUT2D eigenvalue weighted by Gasteiger charge is 2.08. The van der Waals surface area contributed by atoms with Gasteiger partial charge in [-0.15, -0.1) is 11.8 Å². The molecule has 0 atom stereocenters. The smallest absolute Gasteiger partial charge is 0.114 e. The van der Waals surface area contributed by atoms with Crippen molar-refractivity contribution in [2.45, 2.75) is 25.3 Å². The molecular weight excluding hydrogens is 220 g/mol. The highest BCUT2D eigenvalue weighted by Crippen LogP contribution is 2.23. The van der Waals surface area contributed by atoms with Gasteiger partial charge < -0.3 is 4.74 Å². The fraction of sp³-hybridized carbons (Fsp3) is 0.500.